The Morgan fingerprint density at radius 1 is 1.28 bits per heavy atom. The molecule has 4 nitrogen and oxygen atoms in total. The smallest absolute Gasteiger partial charge is 0.307 e. The standard InChI is InChI=1S/C14H26O4/c1-6-7-8-10(2)11(13(16)17)9-12(15)18-14(3,4)5/h10-11H,6-9H2,1-5H3,(H,16,17)/t10-,11+/m1/s1. The van der Waals surface area contributed by atoms with Crippen molar-refractivity contribution in [3.05, 3.63) is 0 Å². The fourth-order valence-electron chi connectivity index (χ4n) is 1.82. The van der Waals surface area contributed by atoms with Gasteiger partial charge in [0.2, 0.25) is 0 Å². The second-order valence-corrected chi connectivity index (χ2v) is 5.85. The molecule has 0 aromatic heterocycles. The van der Waals surface area contributed by atoms with E-state index in [1.54, 1.807) is 20.8 Å². The van der Waals surface area contributed by atoms with E-state index in [1.807, 2.05) is 6.92 Å². The van der Waals surface area contributed by atoms with Crippen molar-refractivity contribution in [2.24, 2.45) is 11.8 Å². The molecule has 1 N–H and O–H groups in total. The Kier molecular flexibility index (Phi) is 6.96. The van der Waals surface area contributed by atoms with Crippen LogP contribution in [0.1, 0.15) is 60.3 Å². The van der Waals surface area contributed by atoms with Crippen LogP contribution < -0.4 is 0 Å². The normalized spacial score (nSPS) is 14.9. The molecule has 0 aliphatic heterocycles. The van der Waals surface area contributed by atoms with Crippen LogP contribution in [-0.2, 0) is 14.3 Å². The molecule has 0 heterocycles. The van der Waals surface area contributed by atoms with Crippen LogP contribution in [0.15, 0.2) is 0 Å². The first-order valence-corrected chi connectivity index (χ1v) is 6.62. The summed E-state index contributed by atoms with van der Waals surface area (Å²) >= 11 is 0. The highest BCUT2D eigenvalue weighted by Crippen LogP contribution is 2.23. The van der Waals surface area contributed by atoms with Crippen LogP contribution >= 0.6 is 0 Å². The molecule has 0 saturated carbocycles. The van der Waals surface area contributed by atoms with Gasteiger partial charge in [-0.25, -0.2) is 0 Å². The highest BCUT2D eigenvalue weighted by molar-refractivity contribution is 5.79. The van der Waals surface area contributed by atoms with E-state index in [1.165, 1.54) is 0 Å². The molecule has 0 saturated heterocycles. The summed E-state index contributed by atoms with van der Waals surface area (Å²) in [6, 6.07) is 0. The Bertz CT molecular complexity index is 278. The van der Waals surface area contributed by atoms with Gasteiger partial charge in [-0.2, -0.15) is 0 Å². The number of esters is 1. The van der Waals surface area contributed by atoms with Crippen molar-refractivity contribution in [3.63, 3.8) is 0 Å². The van der Waals surface area contributed by atoms with Gasteiger partial charge in [-0.05, 0) is 33.1 Å². The van der Waals surface area contributed by atoms with Crippen LogP contribution in [-0.4, -0.2) is 22.6 Å². The van der Waals surface area contributed by atoms with Crippen LogP contribution in [0.4, 0.5) is 0 Å². The highest BCUT2D eigenvalue weighted by Gasteiger charge is 2.29. The predicted octanol–water partition coefficient (Wildman–Crippen LogP) is 3.25. The van der Waals surface area contributed by atoms with Gasteiger partial charge >= 0.3 is 11.9 Å². The van der Waals surface area contributed by atoms with Crippen LogP contribution in [0.5, 0.6) is 0 Å². The summed E-state index contributed by atoms with van der Waals surface area (Å²) in [4.78, 5) is 22.9. The number of hydrogen-bond donors (Lipinski definition) is 1. The van der Waals surface area contributed by atoms with Crippen molar-refractivity contribution in [2.45, 2.75) is 65.9 Å². The molecule has 0 spiro atoms. The lowest BCUT2D eigenvalue weighted by Gasteiger charge is -2.23. The van der Waals surface area contributed by atoms with Gasteiger partial charge < -0.3 is 9.84 Å². The third-order valence-electron chi connectivity index (χ3n) is 2.82. The Morgan fingerprint density at radius 3 is 2.22 bits per heavy atom. The van der Waals surface area contributed by atoms with E-state index in [-0.39, 0.29) is 12.3 Å². The van der Waals surface area contributed by atoms with E-state index in [9.17, 15) is 14.7 Å². The summed E-state index contributed by atoms with van der Waals surface area (Å²) in [6.07, 6.45) is 2.80. The van der Waals surface area contributed by atoms with E-state index in [2.05, 4.69) is 6.92 Å². The van der Waals surface area contributed by atoms with Crippen LogP contribution in [0.25, 0.3) is 0 Å². The van der Waals surface area contributed by atoms with E-state index in [0.29, 0.717) is 0 Å². The summed E-state index contributed by atoms with van der Waals surface area (Å²) in [5.74, 6) is -2.00. The number of ether oxygens (including phenoxy) is 1. The van der Waals surface area contributed by atoms with Crippen molar-refractivity contribution in [2.75, 3.05) is 0 Å². The molecular formula is C14H26O4. The second kappa shape index (κ2) is 7.39. The molecule has 0 fully saturated rings. The number of carboxylic acid groups (broad SMARTS) is 1. The number of unbranched alkanes of at least 4 members (excludes halogenated alkanes) is 1. The Balaban J connectivity index is 4.44. The summed E-state index contributed by atoms with van der Waals surface area (Å²) in [6.45, 7) is 9.29. The maximum absolute atomic E-state index is 11.7. The molecule has 0 aliphatic rings. The van der Waals surface area contributed by atoms with Gasteiger partial charge in [0.15, 0.2) is 0 Å². The van der Waals surface area contributed by atoms with Crippen molar-refractivity contribution >= 4 is 11.9 Å². The molecular weight excluding hydrogens is 232 g/mol. The van der Waals surface area contributed by atoms with Gasteiger partial charge in [-0.15, -0.1) is 0 Å². The Morgan fingerprint density at radius 2 is 1.83 bits per heavy atom. The first-order chi connectivity index (χ1) is 8.17. The second-order valence-electron chi connectivity index (χ2n) is 5.85. The Labute approximate surface area is 110 Å². The van der Waals surface area contributed by atoms with Crippen LogP contribution in [0.3, 0.4) is 0 Å². The predicted molar refractivity (Wildman–Crippen MR) is 70.3 cm³/mol. The van der Waals surface area contributed by atoms with Gasteiger partial charge in [0, 0.05) is 0 Å². The number of carbonyl (C=O) groups is 2. The van der Waals surface area contributed by atoms with E-state index in [4.69, 9.17) is 4.74 Å². The van der Waals surface area contributed by atoms with E-state index in [0.717, 1.165) is 19.3 Å². The van der Waals surface area contributed by atoms with Gasteiger partial charge in [0.05, 0.1) is 12.3 Å². The molecule has 18 heavy (non-hydrogen) atoms. The number of rotatable bonds is 7. The largest absolute Gasteiger partial charge is 0.481 e. The summed E-state index contributed by atoms with van der Waals surface area (Å²) in [5, 5.41) is 9.18. The van der Waals surface area contributed by atoms with Gasteiger partial charge in [-0.3, -0.25) is 9.59 Å². The van der Waals surface area contributed by atoms with E-state index < -0.39 is 23.5 Å². The van der Waals surface area contributed by atoms with Crippen molar-refractivity contribution in [3.8, 4) is 0 Å². The minimum absolute atomic E-state index is 0.00466. The zero-order chi connectivity index (χ0) is 14.3. The molecule has 0 bridgehead atoms. The van der Waals surface area contributed by atoms with Crippen molar-refractivity contribution in [1.29, 1.82) is 0 Å². The average molecular weight is 258 g/mol. The molecule has 0 aliphatic carbocycles. The number of carbonyl (C=O) groups excluding carboxylic acids is 1. The highest BCUT2D eigenvalue weighted by atomic mass is 16.6. The summed E-state index contributed by atoms with van der Waals surface area (Å²) < 4.78 is 5.17. The van der Waals surface area contributed by atoms with Gasteiger partial charge in [0.25, 0.3) is 0 Å². The summed E-state index contributed by atoms with van der Waals surface area (Å²) in [5.41, 5.74) is -0.563. The zero-order valence-corrected chi connectivity index (χ0v) is 12.2. The zero-order valence-electron chi connectivity index (χ0n) is 12.2. The molecule has 0 rings (SSSR count). The first kappa shape index (κ1) is 16.9. The lowest BCUT2D eigenvalue weighted by molar-refractivity contribution is -0.161. The van der Waals surface area contributed by atoms with Crippen LogP contribution in [0, 0.1) is 11.8 Å². The molecule has 4 heteroatoms. The molecule has 0 radical (unpaired) electrons. The minimum atomic E-state index is -0.913. The van der Waals surface area contributed by atoms with Gasteiger partial charge in [0.1, 0.15) is 5.60 Å². The van der Waals surface area contributed by atoms with E-state index >= 15 is 0 Å². The number of carboxylic acids is 1. The third kappa shape index (κ3) is 7.30. The molecule has 0 aromatic rings. The lowest BCUT2D eigenvalue weighted by Crippen LogP contribution is -2.30. The minimum Gasteiger partial charge on any atom is -0.481 e. The lowest BCUT2D eigenvalue weighted by atomic mass is 9.87. The number of hydrogen-bond acceptors (Lipinski definition) is 3. The molecule has 0 aromatic carbocycles. The monoisotopic (exact) mass is 258 g/mol. The maximum atomic E-state index is 11.7. The van der Waals surface area contributed by atoms with Crippen molar-refractivity contribution in [1.82, 2.24) is 0 Å². The maximum Gasteiger partial charge on any atom is 0.307 e. The Hall–Kier alpha value is -1.06. The third-order valence-corrected chi connectivity index (χ3v) is 2.82. The molecule has 0 amide bonds. The number of aliphatic carboxylic acids is 1. The first-order valence-electron chi connectivity index (χ1n) is 6.62. The summed E-state index contributed by atoms with van der Waals surface area (Å²) in [7, 11) is 0. The SMILES string of the molecule is CCCC[C@@H](C)[C@H](CC(=O)OC(C)(C)C)C(=O)O. The molecule has 2 atom stereocenters. The quantitative estimate of drug-likeness (QED) is 0.712. The fourth-order valence-corrected chi connectivity index (χ4v) is 1.82. The molecule has 106 valence electrons. The average Bonchev–Trinajstić information content (AvgIpc) is 2.19. The molecule has 0 unspecified atom stereocenters. The van der Waals surface area contributed by atoms with Gasteiger partial charge in [-0.1, -0.05) is 26.7 Å². The fraction of sp³-hybridized carbons (Fsp3) is 0.857. The van der Waals surface area contributed by atoms with Crippen LogP contribution in [0.2, 0.25) is 0 Å². The van der Waals surface area contributed by atoms with Crippen molar-refractivity contribution < 1.29 is 19.4 Å². The topological polar surface area (TPSA) is 63.6 Å².